The minimum absolute atomic E-state index is 0.0271. The van der Waals surface area contributed by atoms with Crippen LogP contribution in [0.15, 0.2) is 65.6 Å². The standard InChI is InChI=1S/C31H31F6NO7S/c1-42-29(39)9-5-13-43-12-3-2-7-24-19-38(46(40,41)26-8-4-6-22(17-26)31(35,36)37)27-16-20(10-11-28(27)44-24)21-14-23(32)18-25(15-21)45-30(33)34/h4,6,8,10-11,14-18,24,30H,2-3,5,7,9,12-13,19H2,1H3/t24-/m0/s1. The first-order valence-electron chi connectivity index (χ1n) is 14.2. The topological polar surface area (TPSA) is 91.4 Å². The molecule has 1 aliphatic rings. The molecule has 0 N–H and O–H groups in total. The molecule has 0 saturated heterocycles. The molecule has 1 atom stereocenters. The first-order chi connectivity index (χ1) is 21.8. The van der Waals surface area contributed by atoms with E-state index in [1.54, 1.807) is 0 Å². The minimum atomic E-state index is -4.79. The van der Waals surface area contributed by atoms with Gasteiger partial charge in [0.1, 0.15) is 23.4 Å². The van der Waals surface area contributed by atoms with Crippen LogP contribution in [0.25, 0.3) is 11.1 Å². The summed E-state index contributed by atoms with van der Waals surface area (Å²) < 4.78 is 129. The third-order valence-corrected chi connectivity index (χ3v) is 8.81. The number of hydrogen-bond donors (Lipinski definition) is 0. The zero-order valence-electron chi connectivity index (χ0n) is 24.6. The molecule has 0 radical (unpaired) electrons. The molecule has 1 aliphatic heterocycles. The van der Waals surface area contributed by atoms with Gasteiger partial charge >= 0.3 is 18.8 Å². The molecule has 46 heavy (non-hydrogen) atoms. The predicted octanol–water partition coefficient (Wildman–Crippen LogP) is 7.21. The van der Waals surface area contributed by atoms with E-state index in [-0.39, 0.29) is 41.5 Å². The Bertz CT molecular complexity index is 1620. The van der Waals surface area contributed by atoms with Crippen LogP contribution in [0.4, 0.5) is 32.0 Å². The van der Waals surface area contributed by atoms with E-state index < -0.39 is 50.9 Å². The number of carbonyl (C=O) groups excluding carboxylic acids is 1. The Morgan fingerprint density at radius 1 is 1.00 bits per heavy atom. The average molecular weight is 676 g/mol. The van der Waals surface area contributed by atoms with Crippen molar-refractivity contribution in [3.05, 3.63) is 72.0 Å². The summed E-state index contributed by atoms with van der Waals surface area (Å²) in [6.07, 6.45) is -3.22. The van der Waals surface area contributed by atoms with E-state index in [0.29, 0.717) is 45.0 Å². The average Bonchev–Trinajstić information content (AvgIpc) is 3.00. The Morgan fingerprint density at radius 2 is 1.76 bits per heavy atom. The maximum Gasteiger partial charge on any atom is 0.416 e. The van der Waals surface area contributed by atoms with Crippen molar-refractivity contribution in [2.75, 3.05) is 31.2 Å². The molecule has 3 aromatic rings. The number of rotatable bonds is 14. The number of methoxy groups -OCH3 is 1. The van der Waals surface area contributed by atoms with Crippen LogP contribution in [-0.4, -0.2) is 54.0 Å². The lowest BCUT2D eigenvalue weighted by molar-refractivity contribution is -0.141. The van der Waals surface area contributed by atoms with Gasteiger partial charge in [0.2, 0.25) is 0 Å². The van der Waals surface area contributed by atoms with Gasteiger partial charge in [-0.25, -0.2) is 12.8 Å². The Labute approximate surface area is 261 Å². The highest BCUT2D eigenvalue weighted by Crippen LogP contribution is 2.42. The number of ether oxygens (including phenoxy) is 4. The summed E-state index contributed by atoms with van der Waals surface area (Å²) in [4.78, 5) is 10.6. The molecule has 15 heteroatoms. The van der Waals surface area contributed by atoms with Gasteiger partial charge in [-0.15, -0.1) is 0 Å². The molecule has 0 amide bonds. The maximum atomic E-state index is 14.3. The number of benzene rings is 3. The van der Waals surface area contributed by atoms with Crippen molar-refractivity contribution >= 4 is 21.7 Å². The van der Waals surface area contributed by atoms with Gasteiger partial charge in [-0.3, -0.25) is 9.10 Å². The van der Waals surface area contributed by atoms with Crippen LogP contribution in [0, 0.1) is 5.82 Å². The second-order valence-corrected chi connectivity index (χ2v) is 12.2. The number of carbonyl (C=O) groups is 1. The predicted molar refractivity (Wildman–Crippen MR) is 155 cm³/mol. The summed E-state index contributed by atoms with van der Waals surface area (Å²) in [5, 5.41) is 0. The minimum Gasteiger partial charge on any atom is -0.486 e. The van der Waals surface area contributed by atoms with Crippen LogP contribution >= 0.6 is 0 Å². The molecule has 0 fully saturated rings. The van der Waals surface area contributed by atoms with Crippen molar-refractivity contribution in [3.8, 4) is 22.6 Å². The largest absolute Gasteiger partial charge is 0.486 e. The third-order valence-electron chi connectivity index (χ3n) is 7.03. The number of nitrogens with zero attached hydrogens (tertiary/aromatic N) is 1. The fraction of sp³-hybridized carbons (Fsp3) is 0.387. The number of esters is 1. The highest BCUT2D eigenvalue weighted by molar-refractivity contribution is 7.92. The van der Waals surface area contributed by atoms with E-state index in [1.807, 2.05) is 0 Å². The molecule has 0 aromatic heterocycles. The Hall–Kier alpha value is -3.98. The van der Waals surface area contributed by atoms with E-state index in [4.69, 9.17) is 9.47 Å². The zero-order valence-corrected chi connectivity index (χ0v) is 25.4. The van der Waals surface area contributed by atoms with Gasteiger partial charge in [-0.05, 0) is 79.3 Å². The van der Waals surface area contributed by atoms with E-state index in [0.717, 1.165) is 40.7 Å². The second kappa shape index (κ2) is 15.1. The number of sulfonamides is 1. The van der Waals surface area contributed by atoms with Gasteiger partial charge in [0.25, 0.3) is 10.0 Å². The molecule has 0 unspecified atom stereocenters. The number of hydrogen-bond acceptors (Lipinski definition) is 7. The normalized spacial score (nSPS) is 15.0. The lowest BCUT2D eigenvalue weighted by atomic mass is 10.0. The van der Waals surface area contributed by atoms with Crippen molar-refractivity contribution in [1.82, 2.24) is 0 Å². The van der Waals surface area contributed by atoms with Crippen molar-refractivity contribution in [1.29, 1.82) is 0 Å². The van der Waals surface area contributed by atoms with Crippen LogP contribution in [0.5, 0.6) is 11.5 Å². The number of fused-ring (bicyclic) bond motifs is 1. The Kier molecular flexibility index (Phi) is 11.4. The fourth-order valence-electron chi connectivity index (χ4n) is 4.83. The van der Waals surface area contributed by atoms with Gasteiger partial charge in [0.15, 0.2) is 0 Å². The Balaban J connectivity index is 1.59. The van der Waals surface area contributed by atoms with Crippen molar-refractivity contribution in [2.24, 2.45) is 0 Å². The lowest BCUT2D eigenvalue weighted by Crippen LogP contribution is -2.43. The first kappa shape index (κ1) is 34.9. The summed E-state index contributed by atoms with van der Waals surface area (Å²) in [5.41, 5.74) is -0.873. The van der Waals surface area contributed by atoms with E-state index in [9.17, 15) is 39.6 Å². The molecule has 0 saturated carbocycles. The first-order valence-corrected chi connectivity index (χ1v) is 15.6. The summed E-state index contributed by atoms with van der Waals surface area (Å²) in [6, 6.07) is 10.5. The number of halogens is 6. The number of anilines is 1. The summed E-state index contributed by atoms with van der Waals surface area (Å²) in [6.45, 7) is -2.73. The molecular weight excluding hydrogens is 644 g/mol. The molecule has 250 valence electrons. The quantitative estimate of drug-likeness (QED) is 0.101. The summed E-state index contributed by atoms with van der Waals surface area (Å²) in [5.74, 6) is -1.57. The molecule has 0 aliphatic carbocycles. The lowest BCUT2D eigenvalue weighted by Gasteiger charge is -2.36. The molecular formula is C31H31F6NO7S. The second-order valence-electron chi connectivity index (χ2n) is 10.3. The zero-order chi connectivity index (χ0) is 33.5. The van der Waals surface area contributed by atoms with Crippen molar-refractivity contribution < 1.29 is 58.5 Å². The molecule has 4 rings (SSSR count). The van der Waals surface area contributed by atoms with Gasteiger partial charge < -0.3 is 18.9 Å². The number of alkyl halides is 5. The molecule has 8 nitrogen and oxygen atoms in total. The van der Waals surface area contributed by atoms with Crippen molar-refractivity contribution in [3.63, 3.8) is 0 Å². The van der Waals surface area contributed by atoms with Gasteiger partial charge in [0.05, 0.1) is 29.8 Å². The van der Waals surface area contributed by atoms with Crippen molar-refractivity contribution in [2.45, 2.75) is 55.9 Å². The molecule has 3 aromatic carbocycles. The Morgan fingerprint density at radius 3 is 2.48 bits per heavy atom. The SMILES string of the molecule is COC(=O)CCCOCCCC[C@H]1CN(S(=O)(=O)c2cccc(C(F)(F)F)c2)c2cc(-c3cc(F)cc(OC(F)F)c3)ccc2O1. The van der Waals surface area contributed by atoms with Crippen LogP contribution in [0.1, 0.15) is 37.7 Å². The van der Waals surface area contributed by atoms with Gasteiger partial charge in [0, 0.05) is 25.7 Å². The fourth-order valence-corrected chi connectivity index (χ4v) is 6.37. The van der Waals surface area contributed by atoms with E-state index in [1.165, 1.54) is 25.3 Å². The number of unbranched alkanes of at least 4 members (excludes halogenated alkanes) is 1. The molecule has 0 bridgehead atoms. The van der Waals surface area contributed by atoms with Crippen LogP contribution in [0.2, 0.25) is 0 Å². The van der Waals surface area contributed by atoms with E-state index in [2.05, 4.69) is 9.47 Å². The van der Waals surface area contributed by atoms with Crippen LogP contribution in [0.3, 0.4) is 0 Å². The summed E-state index contributed by atoms with van der Waals surface area (Å²) in [7, 11) is -3.28. The highest BCUT2D eigenvalue weighted by Gasteiger charge is 2.37. The van der Waals surface area contributed by atoms with Crippen LogP contribution in [-0.2, 0) is 30.5 Å². The molecule has 1 heterocycles. The van der Waals surface area contributed by atoms with Crippen LogP contribution < -0.4 is 13.8 Å². The summed E-state index contributed by atoms with van der Waals surface area (Å²) >= 11 is 0. The highest BCUT2D eigenvalue weighted by atomic mass is 32.2. The third kappa shape index (κ3) is 9.06. The maximum absolute atomic E-state index is 14.3. The van der Waals surface area contributed by atoms with Gasteiger partial charge in [-0.1, -0.05) is 12.1 Å². The van der Waals surface area contributed by atoms with Gasteiger partial charge in [-0.2, -0.15) is 22.0 Å². The van der Waals surface area contributed by atoms with E-state index >= 15 is 0 Å². The molecule has 0 spiro atoms. The smallest absolute Gasteiger partial charge is 0.416 e. The monoisotopic (exact) mass is 675 g/mol.